The van der Waals surface area contributed by atoms with Gasteiger partial charge in [0.1, 0.15) is 5.83 Å². The first kappa shape index (κ1) is 19.7. The summed E-state index contributed by atoms with van der Waals surface area (Å²) in [5.74, 6) is -0.136. The molecule has 0 radical (unpaired) electrons. The van der Waals surface area contributed by atoms with Gasteiger partial charge in [-0.15, -0.1) is 0 Å². The molecule has 5 nitrogen and oxygen atoms in total. The highest BCUT2D eigenvalue weighted by molar-refractivity contribution is 5.69. The van der Waals surface area contributed by atoms with Gasteiger partial charge in [-0.3, -0.25) is 10.1 Å². The van der Waals surface area contributed by atoms with Crippen molar-refractivity contribution in [2.45, 2.75) is 40.5 Å². The van der Waals surface area contributed by atoms with Crippen LogP contribution in [0.1, 0.15) is 40.5 Å². The molecule has 1 aromatic carbocycles. The van der Waals surface area contributed by atoms with Gasteiger partial charge in [-0.1, -0.05) is 39.8 Å². The number of rotatable bonds is 8. The van der Waals surface area contributed by atoms with Crippen LogP contribution in [0.4, 0.5) is 21.5 Å². The quantitative estimate of drug-likeness (QED) is 0.295. The number of nitrogen functional groups attached to an aromatic ring is 1. The second-order valence-electron chi connectivity index (χ2n) is 6.25. The van der Waals surface area contributed by atoms with E-state index in [1.165, 1.54) is 12.1 Å². The van der Waals surface area contributed by atoms with Gasteiger partial charge in [-0.2, -0.15) is 0 Å². The molecule has 0 fully saturated rings. The Morgan fingerprint density at radius 2 is 2.08 bits per heavy atom. The van der Waals surface area contributed by atoms with Crippen LogP contribution in [-0.2, 0) is 0 Å². The van der Waals surface area contributed by atoms with E-state index in [0.717, 1.165) is 6.42 Å². The van der Waals surface area contributed by atoms with Crippen molar-refractivity contribution in [1.82, 2.24) is 0 Å². The molecule has 6 heteroatoms. The molecule has 0 spiro atoms. The van der Waals surface area contributed by atoms with Gasteiger partial charge < -0.3 is 11.1 Å². The largest absolute Gasteiger partial charge is 0.397 e. The highest BCUT2D eigenvalue weighted by Gasteiger charge is 2.25. The number of hydrogen-bond donors (Lipinski definition) is 2. The highest BCUT2D eigenvalue weighted by atomic mass is 19.1. The van der Waals surface area contributed by atoms with Crippen LogP contribution < -0.4 is 11.1 Å². The summed E-state index contributed by atoms with van der Waals surface area (Å²) in [5, 5.41) is 13.9. The Labute approximate surface area is 142 Å². The maximum Gasteiger partial charge on any atom is 0.271 e. The van der Waals surface area contributed by atoms with Crippen LogP contribution in [0.5, 0.6) is 0 Å². The molecule has 0 aliphatic rings. The van der Waals surface area contributed by atoms with Gasteiger partial charge in [0.25, 0.3) is 5.69 Å². The predicted octanol–water partition coefficient (Wildman–Crippen LogP) is 5.21. The minimum absolute atomic E-state index is 0.0548. The van der Waals surface area contributed by atoms with Crippen molar-refractivity contribution in [3.8, 4) is 0 Å². The number of allylic oxidation sites excluding steroid dienone is 3. The van der Waals surface area contributed by atoms with Crippen LogP contribution in [0.2, 0.25) is 0 Å². The molecule has 0 bridgehead atoms. The van der Waals surface area contributed by atoms with Crippen LogP contribution >= 0.6 is 0 Å². The fourth-order valence-electron chi connectivity index (χ4n) is 2.35. The number of nitro groups is 1. The van der Waals surface area contributed by atoms with Crippen LogP contribution in [0.25, 0.3) is 0 Å². The second kappa shape index (κ2) is 8.47. The zero-order valence-corrected chi connectivity index (χ0v) is 14.7. The third-order valence-electron chi connectivity index (χ3n) is 3.82. The van der Waals surface area contributed by atoms with E-state index in [1.54, 1.807) is 13.0 Å². The molecule has 0 heterocycles. The topological polar surface area (TPSA) is 81.2 Å². The van der Waals surface area contributed by atoms with E-state index in [0.29, 0.717) is 29.9 Å². The molecular formula is C18H26FN3O2. The number of anilines is 2. The fraction of sp³-hybridized carbons (Fsp3) is 0.444. The van der Waals surface area contributed by atoms with Gasteiger partial charge in [-0.25, -0.2) is 4.39 Å². The van der Waals surface area contributed by atoms with E-state index in [9.17, 15) is 14.5 Å². The number of hydrogen-bond acceptors (Lipinski definition) is 4. The van der Waals surface area contributed by atoms with Gasteiger partial charge in [0, 0.05) is 24.1 Å². The van der Waals surface area contributed by atoms with E-state index in [2.05, 4.69) is 5.32 Å². The first-order chi connectivity index (χ1) is 11.2. The first-order valence-corrected chi connectivity index (χ1v) is 8.06. The van der Waals surface area contributed by atoms with Gasteiger partial charge >= 0.3 is 0 Å². The summed E-state index contributed by atoms with van der Waals surface area (Å²) in [7, 11) is 0. The standard InChI is InChI=1S/C18H26FN3O2/c1-5-7-8-14(15(19)6-2)18(3,4)12-21-17-10-9-13(22(23)24)11-16(17)20/h7-11,21H,5-6,12,20H2,1-4H3/b8-7-,15-14-. The minimum atomic E-state index is -0.489. The molecule has 24 heavy (non-hydrogen) atoms. The summed E-state index contributed by atoms with van der Waals surface area (Å²) < 4.78 is 14.3. The SMILES string of the molecule is CC/C=C\C(=C(\F)CC)C(C)(C)CNc1ccc([N+](=O)[O-])cc1N. The lowest BCUT2D eigenvalue weighted by molar-refractivity contribution is -0.384. The zero-order valence-electron chi connectivity index (χ0n) is 14.7. The van der Waals surface area contributed by atoms with E-state index >= 15 is 0 Å². The maximum atomic E-state index is 14.3. The Balaban J connectivity index is 2.98. The Bertz CT molecular complexity index is 652. The summed E-state index contributed by atoms with van der Waals surface area (Å²) in [6, 6.07) is 4.28. The van der Waals surface area contributed by atoms with E-state index < -0.39 is 10.3 Å². The number of nitrogens with one attached hydrogen (secondary N) is 1. The fourth-order valence-corrected chi connectivity index (χ4v) is 2.35. The van der Waals surface area contributed by atoms with Crippen LogP contribution in [0.3, 0.4) is 0 Å². The molecule has 3 N–H and O–H groups in total. The lowest BCUT2D eigenvalue weighted by Crippen LogP contribution is -2.26. The monoisotopic (exact) mass is 335 g/mol. The highest BCUT2D eigenvalue weighted by Crippen LogP contribution is 2.33. The van der Waals surface area contributed by atoms with Crippen molar-refractivity contribution in [2.24, 2.45) is 5.41 Å². The van der Waals surface area contributed by atoms with Crippen molar-refractivity contribution in [2.75, 3.05) is 17.6 Å². The average molecular weight is 335 g/mol. The smallest absolute Gasteiger partial charge is 0.271 e. The lowest BCUT2D eigenvalue weighted by Gasteiger charge is -2.28. The van der Waals surface area contributed by atoms with Gasteiger partial charge in [0.05, 0.1) is 16.3 Å². The summed E-state index contributed by atoms with van der Waals surface area (Å²) in [6.07, 6.45) is 4.94. The lowest BCUT2D eigenvalue weighted by atomic mass is 9.82. The second-order valence-corrected chi connectivity index (χ2v) is 6.25. The molecule has 0 atom stereocenters. The molecule has 132 valence electrons. The van der Waals surface area contributed by atoms with Crippen molar-refractivity contribution < 1.29 is 9.31 Å². The summed E-state index contributed by atoms with van der Waals surface area (Å²) in [6.45, 7) is 8.14. The van der Waals surface area contributed by atoms with E-state index in [-0.39, 0.29) is 11.5 Å². The predicted molar refractivity (Wildman–Crippen MR) is 97.6 cm³/mol. The number of nitrogens with two attached hydrogens (primary N) is 1. The number of nitro benzene ring substituents is 1. The molecule has 0 saturated carbocycles. The molecular weight excluding hydrogens is 309 g/mol. The van der Waals surface area contributed by atoms with Crippen molar-refractivity contribution in [3.63, 3.8) is 0 Å². The van der Waals surface area contributed by atoms with Crippen LogP contribution in [0.15, 0.2) is 41.8 Å². The molecule has 0 aliphatic carbocycles. The zero-order chi connectivity index (χ0) is 18.3. The summed E-state index contributed by atoms with van der Waals surface area (Å²) in [4.78, 5) is 10.3. The number of benzene rings is 1. The molecule has 1 rings (SSSR count). The molecule has 0 aliphatic heterocycles. The number of nitrogens with zero attached hydrogens (tertiary/aromatic N) is 1. The molecule has 0 amide bonds. The third kappa shape index (κ3) is 5.08. The Hall–Kier alpha value is -2.37. The van der Waals surface area contributed by atoms with Crippen LogP contribution in [-0.4, -0.2) is 11.5 Å². The molecule has 0 saturated heterocycles. The normalized spacial score (nSPS) is 13.0. The minimum Gasteiger partial charge on any atom is -0.397 e. The molecule has 1 aromatic rings. The number of halogens is 1. The molecule has 0 unspecified atom stereocenters. The van der Waals surface area contributed by atoms with E-state index in [4.69, 9.17) is 5.73 Å². The van der Waals surface area contributed by atoms with Crippen LogP contribution in [0, 0.1) is 15.5 Å². The Morgan fingerprint density at radius 1 is 1.42 bits per heavy atom. The van der Waals surface area contributed by atoms with Crippen molar-refractivity contribution >= 4 is 17.1 Å². The Morgan fingerprint density at radius 3 is 2.58 bits per heavy atom. The maximum absolute atomic E-state index is 14.3. The van der Waals surface area contributed by atoms with Crippen molar-refractivity contribution in [1.29, 1.82) is 0 Å². The van der Waals surface area contributed by atoms with Gasteiger partial charge in [0.15, 0.2) is 0 Å². The molecule has 0 aromatic heterocycles. The average Bonchev–Trinajstić information content (AvgIpc) is 2.53. The van der Waals surface area contributed by atoms with Gasteiger partial charge in [-0.05, 0) is 24.5 Å². The third-order valence-corrected chi connectivity index (χ3v) is 3.82. The summed E-state index contributed by atoms with van der Waals surface area (Å²) in [5.41, 5.74) is 6.90. The first-order valence-electron chi connectivity index (χ1n) is 8.06. The number of non-ortho nitro benzene ring substituents is 1. The van der Waals surface area contributed by atoms with Gasteiger partial charge in [0.2, 0.25) is 0 Å². The van der Waals surface area contributed by atoms with Crippen molar-refractivity contribution in [3.05, 3.63) is 51.9 Å². The van der Waals surface area contributed by atoms with E-state index in [1.807, 2.05) is 32.9 Å². The summed E-state index contributed by atoms with van der Waals surface area (Å²) >= 11 is 0. The Kier molecular flexibility index (Phi) is 6.95.